The summed E-state index contributed by atoms with van der Waals surface area (Å²) in [4.78, 5) is 23.5. The third-order valence-electron chi connectivity index (χ3n) is 7.88. The molecule has 0 spiro atoms. The fraction of sp³-hybridized carbons (Fsp3) is 0.355. The van der Waals surface area contributed by atoms with Crippen LogP contribution in [0.3, 0.4) is 0 Å². The molecule has 2 aromatic carbocycles. The van der Waals surface area contributed by atoms with E-state index in [9.17, 15) is 17.6 Å². The second kappa shape index (κ2) is 10.8. The molecule has 1 amide bonds. The van der Waals surface area contributed by atoms with E-state index < -0.39 is 21.7 Å². The Kier molecular flexibility index (Phi) is 7.54. The van der Waals surface area contributed by atoms with E-state index in [1.54, 1.807) is 42.6 Å². The van der Waals surface area contributed by atoms with Crippen molar-refractivity contribution in [3.05, 3.63) is 72.2 Å². The minimum Gasteiger partial charge on any atom is -0.493 e. The minimum absolute atomic E-state index is 0.000424. The zero-order chi connectivity index (χ0) is 29.5. The van der Waals surface area contributed by atoms with Crippen molar-refractivity contribution in [2.45, 2.75) is 51.5 Å². The highest BCUT2D eigenvalue weighted by atomic mass is 32.2. The molecule has 216 valence electrons. The predicted octanol–water partition coefficient (Wildman–Crippen LogP) is 6.15. The lowest BCUT2D eigenvalue weighted by atomic mass is 9.90. The Morgan fingerprint density at radius 3 is 2.68 bits per heavy atom. The number of carbonyl (C=O) groups is 1. The quantitative estimate of drug-likeness (QED) is 0.260. The van der Waals surface area contributed by atoms with Crippen LogP contribution in [-0.2, 0) is 10.0 Å². The second-order valence-electron chi connectivity index (χ2n) is 11.6. The monoisotopic (exact) mass is 578 g/mol. The molecular formula is C31H35FN4O4S. The van der Waals surface area contributed by atoms with Gasteiger partial charge < -0.3 is 14.6 Å². The number of ether oxygens (including phenoxy) is 1. The summed E-state index contributed by atoms with van der Waals surface area (Å²) in [7, 11) is -4.20. The number of nitrogens with zero attached hydrogens (tertiary/aromatic N) is 2. The van der Waals surface area contributed by atoms with Crippen LogP contribution in [0.2, 0.25) is 0 Å². The Morgan fingerprint density at radius 1 is 1.20 bits per heavy atom. The third-order valence-corrected chi connectivity index (χ3v) is 9.27. The Morgan fingerprint density at radius 2 is 1.98 bits per heavy atom. The van der Waals surface area contributed by atoms with Crippen molar-refractivity contribution >= 4 is 32.7 Å². The van der Waals surface area contributed by atoms with E-state index in [0.29, 0.717) is 52.8 Å². The number of hydrogen-bond acceptors (Lipinski definition) is 6. The molecule has 2 N–H and O–H groups in total. The molecule has 4 aromatic rings. The summed E-state index contributed by atoms with van der Waals surface area (Å²) in [6.45, 7) is 11.4. The van der Waals surface area contributed by atoms with Crippen LogP contribution in [0.5, 0.6) is 5.75 Å². The Hall–Kier alpha value is -3.92. The predicted molar refractivity (Wildman–Crippen MR) is 158 cm³/mol. The molecule has 0 aliphatic carbocycles. The first-order chi connectivity index (χ1) is 19.4. The first kappa shape index (κ1) is 28.6. The van der Waals surface area contributed by atoms with Gasteiger partial charge in [-0.2, -0.15) is 0 Å². The van der Waals surface area contributed by atoms with Gasteiger partial charge in [0.1, 0.15) is 17.4 Å². The van der Waals surface area contributed by atoms with Crippen molar-refractivity contribution in [1.82, 2.24) is 14.7 Å². The number of rotatable bonds is 8. The summed E-state index contributed by atoms with van der Waals surface area (Å²) in [5, 5.41) is 0.484. The smallest absolute Gasteiger partial charge is 0.268 e. The summed E-state index contributed by atoms with van der Waals surface area (Å²) in [6, 6.07) is 14.1. The van der Waals surface area contributed by atoms with E-state index in [-0.39, 0.29) is 21.9 Å². The summed E-state index contributed by atoms with van der Waals surface area (Å²) in [5.74, 6) is 0.0409. The molecule has 1 saturated heterocycles. The summed E-state index contributed by atoms with van der Waals surface area (Å²) in [6.07, 6.45) is 2.52. The van der Waals surface area contributed by atoms with Gasteiger partial charge in [-0.05, 0) is 74.6 Å². The van der Waals surface area contributed by atoms with Gasteiger partial charge >= 0.3 is 0 Å². The molecule has 0 saturated carbocycles. The summed E-state index contributed by atoms with van der Waals surface area (Å²) in [5.41, 5.74) is 1.35. The molecule has 5 rings (SSSR count). The molecule has 1 atom stereocenters. The number of benzene rings is 2. The number of amides is 1. The van der Waals surface area contributed by atoms with Gasteiger partial charge in [-0.1, -0.05) is 26.8 Å². The first-order valence-corrected chi connectivity index (χ1v) is 15.2. The number of sulfonamides is 1. The molecule has 2 aromatic heterocycles. The van der Waals surface area contributed by atoms with Gasteiger partial charge in [0.05, 0.1) is 22.8 Å². The van der Waals surface area contributed by atoms with Crippen LogP contribution in [0, 0.1) is 17.7 Å². The van der Waals surface area contributed by atoms with Crippen LogP contribution in [0.1, 0.15) is 51.4 Å². The number of aromatic amines is 1. The van der Waals surface area contributed by atoms with Crippen LogP contribution in [0.25, 0.3) is 22.2 Å². The van der Waals surface area contributed by atoms with E-state index in [1.165, 1.54) is 18.2 Å². The number of pyridine rings is 1. The number of aromatic nitrogens is 2. The fourth-order valence-corrected chi connectivity index (χ4v) is 6.37. The van der Waals surface area contributed by atoms with Gasteiger partial charge in [0.25, 0.3) is 15.9 Å². The Labute approximate surface area is 240 Å². The van der Waals surface area contributed by atoms with E-state index in [1.807, 2.05) is 18.7 Å². The van der Waals surface area contributed by atoms with Gasteiger partial charge in [-0.15, -0.1) is 0 Å². The molecule has 0 bridgehead atoms. The first-order valence-electron chi connectivity index (χ1n) is 13.7. The van der Waals surface area contributed by atoms with E-state index in [4.69, 9.17) is 9.72 Å². The molecule has 1 aliphatic rings. The van der Waals surface area contributed by atoms with Gasteiger partial charge in [0.15, 0.2) is 0 Å². The standard InChI is InChI=1S/C31H35FN4O4S/c1-19(2)18-40-23-16-21(15-22(32)17-23)26-10-9-25(29(34-26)36-14-12-20(3)31(36,4)5)30(37)35-41(38,39)28-8-6-7-27-24(28)11-13-33-27/h6-11,13,15-17,19-20,33H,12,14,18H2,1-5H3,(H,35,37). The highest BCUT2D eigenvalue weighted by Gasteiger charge is 2.41. The second-order valence-corrected chi connectivity index (χ2v) is 13.2. The van der Waals surface area contributed by atoms with E-state index in [2.05, 4.69) is 30.5 Å². The number of carbonyl (C=O) groups excluding carboxylic acids is 1. The topological polar surface area (TPSA) is 104 Å². The molecule has 1 fully saturated rings. The fourth-order valence-electron chi connectivity index (χ4n) is 5.18. The average Bonchev–Trinajstić information content (AvgIpc) is 3.50. The number of anilines is 1. The van der Waals surface area contributed by atoms with E-state index in [0.717, 1.165) is 6.42 Å². The Balaban J connectivity index is 1.56. The minimum atomic E-state index is -4.20. The SMILES string of the molecule is CC(C)COc1cc(F)cc(-c2ccc(C(=O)NS(=O)(=O)c3cccc4[nH]ccc34)c(N3CCC(C)C3(C)C)n2)c1. The molecular weight excluding hydrogens is 543 g/mol. The molecule has 10 heteroatoms. The third kappa shape index (κ3) is 5.66. The van der Waals surface area contributed by atoms with Crippen LogP contribution in [0.4, 0.5) is 10.2 Å². The van der Waals surface area contributed by atoms with Crippen LogP contribution < -0.4 is 14.4 Å². The lowest BCUT2D eigenvalue weighted by Gasteiger charge is -2.36. The van der Waals surface area contributed by atoms with Gasteiger partial charge in [-0.3, -0.25) is 4.79 Å². The maximum absolute atomic E-state index is 14.6. The lowest BCUT2D eigenvalue weighted by molar-refractivity contribution is 0.0981. The van der Waals surface area contributed by atoms with Crippen molar-refractivity contribution in [3.8, 4) is 17.0 Å². The van der Waals surface area contributed by atoms with Crippen molar-refractivity contribution in [1.29, 1.82) is 0 Å². The molecule has 1 unspecified atom stereocenters. The number of nitrogens with one attached hydrogen (secondary N) is 2. The number of halogens is 1. The van der Waals surface area contributed by atoms with Crippen LogP contribution in [-0.4, -0.2) is 43.0 Å². The van der Waals surface area contributed by atoms with Gasteiger partial charge in [0, 0.05) is 40.8 Å². The molecule has 8 nitrogen and oxygen atoms in total. The molecule has 1 aliphatic heterocycles. The summed E-state index contributed by atoms with van der Waals surface area (Å²) < 4.78 is 49.4. The number of fused-ring (bicyclic) bond motifs is 1. The lowest BCUT2D eigenvalue weighted by Crippen LogP contribution is -2.43. The Bertz CT molecular complexity index is 1710. The molecule has 3 heterocycles. The normalized spacial score (nSPS) is 16.9. The zero-order valence-corrected chi connectivity index (χ0v) is 24.7. The van der Waals surface area contributed by atoms with Crippen molar-refractivity contribution in [3.63, 3.8) is 0 Å². The van der Waals surface area contributed by atoms with Gasteiger partial charge in [0.2, 0.25) is 0 Å². The van der Waals surface area contributed by atoms with Crippen molar-refractivity contribution < 1.29 is 22.3 Å². The van der Waals surface area contributed by atoms with Gasteiger partial charge in [-0.25, -0.2) is 22.5 Å². The van der Waals surface area contributed by atoms with Crippen LogP contribution in [0.15, 0.2) is 65.7 Å². The van der Waals surface area contributed by atoms with Crippen LogP contribution >= 0.6 is 0 Å². The summed E-state index contributed by atoms with van der Waals surface area (Å²) >= 11 is 0. The van der Waals surface area contributed by atoms with Crippen molar-refractivity contribution in [2.75, 3.05) is 18.1 Å². The average molecular weight is 579 g/mol. The zero-order valence-electron chi connectivity index (χ0n) is 23.9. The largest absolute Gasteiger partial charge is 0.493 e. The maximum atomic E-state index is 14.6. The number of H-pyrrole nitrogens is 1. The molecule has 41 heavy (non-hydrogen) atoms. The highest BCUT2D eigenvalue weighted by molar-refractivity contribution is 7.90. The van der Waals surface area contributed by atoms with Crippen molar-refractivity contribution in [2.24, 2.45) is 11.8 Å². The highest BCUT2D eigenvalue weighted by Crippen LogP contribution is 2.39. The van der Waals surface area contributed by atoms with E-state index >= 15 is 0 Å². The molecule has 0 radical (unpaired) electrons. The maximum Gasteiger partial charge on any atom is 0.268 e. The number of hydrogen-bond donors (Lipinski definition) is 2.